The van der Waals surface area contributed by atoms with Gasteiger partial charge in [0.2, 0.25) is 5.91 Å². The summed E-state index contributed by atoms with van der Waals surface area (Å²) in [7, 11) is 0. The number of likely N-dealkylation sites (tertiary alicyclic amines) is 1. The van der Waals surface area contributed by atoms with Crippen LogP contribution in [0.15, 0.2) is 24.3 Å². The molecule has 2 rings (SSSR count). The minimum atomic E-state index is -0.626. The Hall–Kier alpha value is -1.70. The number of piperidine rings is 1. The van der Waals surface area contributed by atoms with Gasteiger partial charge in [-0.15, -0.1) is 0 Å². The van der Waals surface area contributed by atoms with Crippen LogP contribution in [0.3, 0.4) is 0 Å². The first-order chi connectivity index (χ1) is 13.1. The van der Waals surface area contributed by atoms with Crippen LogP contribution in [-0.2, 0) is 9.53 Å². The maximum Gasteiger partial charge on any atom is 0.223 e. The molecule has 1 amide bonds. The molecule has 1 heterocycles. The van der Waals surface area contributed by atoms with Crippen molar-refractivity contribution in [2.45, 2.75) is 32.3 Å². The van der Waals surface area contributed by atoms with E-state index in [0.717, 1.165) is 32.4 Å². The molecule has 6 nitrogen and oxygen atoms in total. The SMILES string of the molecule is CCOCCCNC(=O)C1CCN(CC(O)COc2ccc(F)cc2)CC1. The minimum Gasteiger partial charge on any atom is -0.491 e. The van der Waals surface area contributed by atoms with Crippen molar-refractivity contribution in [1.82, 2.24) is 10.2 Å². The number of hydrogen-bond donors (Lipinski definition) is 2. The second-order valence-electron chi connectivity index (χ2n) is 6.84. The van der Waals surface area contributed by atoms with E-state index < -0.39 is 6.10 Å². The van der Waals surface area contributed by atoms with E-state index in [9.17, 15) is 14.3 Å². The molecule has 1 fully saturated rings. The fraction of sp³-hybridized carbons (Fsp3) is 0.650. The molecule has 1 unspecified atom stereocenters. The van der Waals surface area contributed by atoms with Crippen LogP contribution in [-0.4, -0.2) is 68.0 Å². The smallest absolute Gasteiger partial charge is 0.223 e. The van der Waals surface area contributed by atoms with Gasteiger partial charge in [-0.2, -0.15) is 0 Å². The number of β-amino-alcohol motifs (C(OH)–C–C–N with tert-alkyl or cyclic N) is 1. The maximum atomic E-state index is 12.9. The number of aliphatic hydroxyl groups is 1. The Morgan fingerprint density at radius 3 is 2.70 bits per heavy atom. The van der Waals surface area contributed by atoms with Crippen molar-refractivity contribution in [2.24, 2.45) is 5.92 Å². The zero-order valence-corrected chi connectivity index (χ0v) is 16.0. The summed E-state index contributed by atoms with van der Waals surface area (Å²) in [6, 6.07) is 5.74. The first kappa shape index (κ1) is 21.6. The average Bonchev–Trinajstić information content (AvgIpc) is 2.68. The van der Waals surface area contributed by atoms with E-state index >= 15 is 0 Å². The van der Waals surface area contributed by atoms with Crippen molar-refractivity contribution in [3.8, 4) is 5.75 Å². The molecule has 1 aliphatic heterocycles. The van der Waals surface area contributed by atoms with Crippen molar-refractivity contribution in [2.75, 3.05) is 46.0 Å². The topological polar surface area (TPSA) is 71.0 Å². The van der Waals surface area contributed by atoms with E-state index in [1.54, 1.807) is 12.1 Å². The van der Waals surface area contributed by atoms with Gasteiger partial charge in [0, 0.05) is 32.2 Å². The first-order valence-corrected chi connectivity index (χ1v) is 9.72. The zero-order valence-electron chi connectivity index (χ0n) is 16.0. The Morgan fingerprint density at radius 1 is 1.33 bits per heavy atom. The number of carbonyl (C=O) groups is 1. The number of halogens is 1. The fourth-order valence-electron chi connectivity index (χ4n) is 3.13. The van der Waals surface area contributed by atoms with Gasteiger partial charge in [0.05, 0.1) is 0 Å². The molecule has 1 aromatic carbocycles. The summed E-state index contributed by atoms with van der Waals surface area (Å²) in [6.07, 6.45) is 1.80. The number of carbonyl (C=O) groups excluding carboxylic acids is 1. The summed E-state index contributed by atoms with van der Waals surface area (Å²) in [5.74, 6) is 0.381. The van der Waals surface area contributed by atoms with Gasteiger partial charge in [-0.05, 0) is 63.5 Å². The molecular weight excluding hydrogens is 351 g/mol. The molecule has 0 spiro atoms. The molecule has 1 saturated heterocycles. The Bertz CT molecular complexity index is 547. The Labute approximate surface area is 160 Å². The van der Waals surface area contributed by atoms with Crippen molar-refractivity contribution >= 4 is 5.91 Å². The number of nitrogens with one attached hydrogen (secondary N) is 1. The molecule has 0 radical (unpaired) electrons. The van der Waals surface area contributed by atoms with Crippen LogP contribution in [0.25, 0.3) is 0 Å². The molecule has 0 aromatic heterocycles. The highest BCUT2D eigenvalue weighted by Crippen LogP contribution is 2.18. The highest BCUT2D eigenvalue weighted by Gasteiger charge is 2.25. The lowest BCUT2D eigenvalue weighted by molar-refractivity contribution is -0.126. The third-order valence-electron chi connectivity index (χ3n) is 4.65. The molecule has 27 heavy (non-hydrogen) atoms. The number of ether oxygens (including phenoxy) is 2. The molecule has 0 bridgehead atoms. The molecule has 152 valence electrons. The average molecular weight is 382 g/mol. The predicted molar refractivity (Wildman–Crippen MR) is 101 cm³/mol. The maximum absolute atomic E-state index is 12.9. The third-order valence-corrected chi connectivity index (χ3v) is 4.65. The summed E-state index contributed by atoms with van der Waals surface area (Å²) in [6.45, 7) is 6.21. The quantitative estimate of drug-likeness (QED) is 0.572. The van der Waals surface area contributed by atoms with Gasteiger partial charge in [0.15, 0.2) is 0 Å². The normalized spacial score (nSPS) is 16.9. The summed E-state index contributed by atoms with van der Waals surface area (Å²) in [5.41, 5.74) is 0. The fourth-order valence-corrected chi connectivity index (χ4v) is 3.13. The van der Waals surface area contributed by atoms with E-state index in [-0.39, 0.29) is 24.2 Å². The number of hydrogen-bond acceptors (Lipinski definition) is 5. The lowest BCUT2D eigenvalue weighted by Crippen LogP contribution is -2.44. The van der Waals surface area contributed by atoms with Crippen LogP contribution in [0.4, 0.5) is 4.39 Å². The number of rotatable bonds is 11. The zero-order chi connectivity index (χ0) is 19.5. The van der Waals surface area contributed by atoms with Crippen LogP contribution >= 0.6 is 0 Å². The Morgan fingerprint density at radius 2 is 2.04 bits per heavy atom. The van der Waals surface area contributed by atoms with E-state index in [2.05, 4.69) is 10.2 Å². The minimum absolute atomic E-state index is 0.0425. The van der Waals surface area contributed by atoms with Crippen molar-refractivity contribution < 1.29 is 23.8 Å². The summed E-state index contributed by atoms with van der Waals surface area (Å²) in [4.78, 5) is 14.3. The lowest BCUT2D eigenvalue weighted by atomic mass is 9.95. The van der Waals surface area contributed by atoms with Gasteiger partial charge in [0.25, 0.3) is 0 Å². The van der Waals surface area contributed by atoms with Gasteiger partial charge in [-0.3, -0.25) is 4.79 Å². The molecule has 7 heteroatoms. The van der Waals surface area contributed by atoms with Crippen LogP contribution in [0.1, 0.15) is 26.2 Å². The van der Waals surface area contributed by atoms with Crippen molar-refractivity contribution in [3.05, 3.63) is 30.1 Å². The van der Waals surface area contributed by atoms with E-state index in [1.807, 2.05) is 6.92 Å². The van der Waals surface area contributed by atoms with Crippen molar-refractivity contribution in [1.29, 1.82) is 0 Å². The highest BCUT2D eigenvalue weighted by atomic mass is 19.1. The number of amides is 1. The molecule has 0 saturated carbocycles. The molecule has 2 N–H and O–H groups in total. The van der Waals surface area contributed by atoms with Gasteiger partial charge < -0.3 is 24.8 Å². The number of aliphatic hydroxyl groups excluding tert-OH is 1. The van der Waals surface area contributed by atoms with E-state index in [0.29, 0.717) is 32.1 Å². The van der Waals surface area contributed by atoms with E-state index in [4.69, 9.17) is 9.47 Å². The largest absolute Gasteiger partial charge is 0.491 e. The molecule has 1 aromatic rings. The van der Waals surface area contributed by atoms with E-state index in [1.165, 1.54) is 12.1 Å². The monoisotopic (exact) mass is 382 g/mol. The van der Waals surface area contributed by atoms with Gasteiger partial charge in [-0.25, -0.2) is 4.39 Å². The highest BCUT2D eigenvalue weighted by molar-refractivity contribution is 5.78. The summed E-state index contributed by atoms with van der Waals surface area (Å²) in [5, 5.41) is 13.1. The second-order valence-corrected chi connectivity index (χ2v) is 6.84. The predicted octanol–water partition coefficient (Wildman–Crippen LogP) is 1.82. The molecular formula is C20H31FN2O4. The van der Waals surface area contributed by atoms with Gasteiger partial charge >= 0.3 is 0 Å². The molecule has 1 aliphatic rings. The molecule has 0 aliphatic carbocycles. The van der Waals surface area contributed by atoms with Crippen LogP contribution in [0.5, 0.6) is 5.75 Å². The number of nitrogens with zero attached hydrogens (tertiary/aromatic N) is 1. The number of benzene rings is 1. The van der Waals surface area contributed by atoms with Crippen LogP contribution in [0, 0.1) is 11.7 Å². The van der Waals surface area contributed by atoms with Gasteiger partial charge in [-0.1, -0.05) is 0 Å². The Kier molecular flexibility index (Phi) is 9.52. The summed E-state index contributed by atoms with van der Waals surface area (Å²) >= 11 is 0. The van der Waals surface area contributed by atoms with Crippen LogP contribution < -0.4 is 10.1 Å². The Balaban J connectivity index is 1.59. The first-order valence-electron chi connectivity index (χ1n) is 9.72. The second kappa shape index (κ2) is 11.9. The lowest BCUT2D eigenvalue weighted by Gasteiger charge is -2.32. The third kappa shape index (κ3) is 8.24. The van der Waals surface area contributed by atoms with Gasteiger partial charge in [0.1, 0.15) is 24.3 Å². The molecule has 1 atom stereocenters. The van der Waals surface area contributed by atoms with Crippen molar-refractivity contribution in [3.63, 3.8) is 0 Å². The van der Waals surface area contributed by atoms with Crippen LogP contribution in [0.2, 0.25) is 0 Å². The summed E-state index contributed by atoms with van der Waals surface area (Å²) < 4.78 is 23.6. The standard InChI is InChI=1S/C20H31FN2O4/c1-2-26-13-3-10-22-20(25)16-8-11-23(12-9-16)14-18(24)15-27-19-6-4-17(21)5-7-19/h4-7,16,18,24H,2-3,8-15H2,1H3,(H,22,25).